The van der Waals surface area contributed by atoms with Crippen molar-refractivity contribution in [3.63, 3.8) is 0 Å². The number of carbonyl (C=O) groups excluding carboxylic acids is 2. The average molecular weight is 469 g/mol. The molecule has 2 atom stereocenters. The number of hydrogen-bond donors (Lipinski definition) is 1. The fourth-order valence-corrected chi connectivity index (χ4v) is 4.74. The van der Waals surface area contributed by atoms with Crippen molar-refractivity contribution in [3.8, 4) is 0 Å². The second-order valence-electron chi connectivity index (χ2n) is 8.78. The van der Waals surface area contributed by atoms with Crippen LogP contribution in [0.2, 0.25) is 0 Å². The summed E-state index contributed by atoms with van der Waals surface area (Å²) in [5.41, 5.74) is 1.44. The van der Waals surface area contributed by atoms with Crippen LogP contribution in [0.15, 0.2) is 53.5 Å². The highest BCUT2D eigenvalue weighted by molar-refractivity contribution is 6.04. The third-order valence-electron chi connectivity index (χ3n) is 6.64. The number of urea groups is 1. The van der Waals surface area contributed by atoms with Crippen LogP contribution in [0.1, 0.15) is 5.56 Å². The number of halogens is 2. The maximum Gasteiger partial charge on any atom is 0.325 e. The van der Waals surface area contributed by atoms with E-state index in [9.17, 15) is 18.4 Å². The van der Waals surface area contributed by atoms with Crippen LogP contribution >= 0.6 is 0 Å². The highest BCUT2D eigenvalue weighted by atomic mass is 19.1. The van der Waals surface area contributed by atoms with Crippen LogP contribution in [-0.4, -0.2) is 84.5 Å². The molecule has 10 heteroatoms. The Balaban J connectivity index is 1.33. The summed E-state index contributed by atoms with van der Waals surface area (Å²) in [6.07, 6.45) is -0.614. The summed E-state index contributed by atoms with van der Waals surface area (Å²) in [6, 6.07) is 11.8. The minimum Gasteiger partial charge on any atom is -0.367 e. The number of benzene rings is 2. The molecule has 3 amide bonds. The van der Waals surface area contributed by atoms with Gasteiger partial charge in [-0.05, 0) is 29.8 Å². The lowest BCUT2D eigenvalue weighted by atomic mass is 10.1. The van der Waals surface area contributed by atoms with Crippen molar-refractivity contribution in [2.24, 2.45) is 4.99 Å². The van der Waals surface area contributed by atoms with E-state index in [1.807, 2.05) is 15.9 Å². The van der Waals surface area contributed by atoms with Crippen molar-refractivity contribution in [1.82, 2.24) is 20.0 Å². The molecule has 2 aromatic carbocycles. The first-order valence-corrected chi connectivity index (χ1v) is 11.3. The number of amides is 3. The fourth-order valence-electron chi connectivity index (χ4n) is 4.74. The van der Waals surface area contributed by atoms with Crippen molar-refractivity contribution in [1.29, 1.82) is 0 Å². The Morgan fingerprint density at radius 2 is 1.68 bits per heavy atom. The Labute approximate surface area is 196 Å². The molecular weight excluding hydrogens is 442 g/mol. The summed E-state index contributed by atoms with van der Waals surface area (Å²) in [6.45, 7) is 3.59. The van der Waals surface area contributed by atoms with Gasteiger partial charge in [0.05, 0.1) is 12.2 Å². The van der Waals surface area contributed by atoms with Crippen LogP contribution in [0.4, 0.5) is 19.3 Å². The molecule has 0 radical (unpaired) electrons. The third kappa shape index (κ3) is 4.21. The smallest absolute Gasteiger partial charge is 0.325 e. The number of carbonyl (C=O) groups is 2. The zero-order chi connectivity index (χ0) is 23.8. The molecule has 1 N–H and O–H groups in total. The zero-order valence-electron chi connectivity index (χ0n) is 18.8. The van der Waals surface area contributed by atoms with Crippen molar-refractivity contribution >= 4 is 23.5 Å². The molecule has 34 heavy (non-hydrogen) atoms. The maximum atomic E-state index is 14.2. The second-order valence-corrected chi connectivity index (χ2v) is 8.78. The summed E-state index contributed by atoms with van der Waals surface area (Å²) >= 11 is 0. The molecule has 3 aliphatic rings. The Bertz CT molecular complexity index is 1120. The van der Waals surface area contributed by atoms with Gasteiger partial charge in [0, 0.05) is 39.8 Å². The summed E-state index contributed by atoms with van der Waals surface area (Å²) < 4.78 is 27.6. The van der Waals surface area contributed by atoms with Gasteiger partial charge in [-0.2, -0.15) is 0 Å². The summed E-state index contributed by atoms with van der Waals surface area (Å²) in [7, 11) is 1.62. The number of nitrogens with one attached hydrogen (secondary N) is 1. The third-order valence-corrected chi connectivity index (χ3v) is 6.64. The molecular formula is C24H26F2N6O2. The summed E-state index contributed by atoms with van der Waals surface area (Å²) in [4.78, 5) is 37.3. The van der Waals surface area contributed by atoms with Gasteiger partial charge in [0.15, 0.2) is 12.2 Å². The number of fused-ring (bicyclic) bond motifs is 1. The van der Waals surface area contributed by atoms with Crippen LogP contribution in [0.3, 0.4) is 0 Å². The molecule has 2 fully saturated rings. The van der Waals surface area contributed by atoms with E-state index in [0.29, 0.717) is 50.8 Å². The fraction of sp³-hybridized carbons (Fsp3) is 0.375. The van der Waals surface area contributed by atoms with Crippen molar-refractivity contribution in [2.75, 3.05) is 44.7 Å². The molecule has 0 aromatic heterocycles. The topological polar surface area (TPSA) is 71.5 Å². The van der Waals surface area contributed by atoms with Gasteiger partial charge in [-0.3, -0.25) is 15.0 Å². The predicted molar refractivity (Wildman–Crippen MR) is 123 cm³/mol. The molecule has 0 bridgehead atoms. The highest BCUT2D eigenvalue weighted by Gasteiger charge is 2.48. The number of anilines is 1. The van der Waals surface area contributed by atoms with Gasteiger partial charge in [-0.25, -0.2) is 18.6 Å². The number of piperazine rings is 1. The van der Waals surface area contributed by atoms with E-state index in [-0.39, 0.29) is 11.6 Å². The van der Waals surface area contributed by atoms with Crippen LogP contribution in [0.25, 0.3) is 0 Å². The number of aliphatic imine (C=N–C) groups is 1. The molecule has 178 valence electrons. The van der Waals surface area contributed by atoms with Gasteiger partial charge >= 0.3 is 6.03 Å². The number of imide groups is 1. The number of likely N-dealkylation sites (N-methyl/N-ethyl adjacent to an activating group) is 1. The Morgan fingerprint density at radius 1 is 0.971 bits per heavy atom. The monoisotopic (exact) mass is 468 g/mol. The van der Waals surface area contributed by atoms with Crippen LogP contribution in [-0.2, 0) is 11.3 Å². The maximum absolute atomic E-state index is 14.2. The first-order valence-electron chi connectivity index (χ1n) is 11.3. The van der Waals surface area contributed by atoms with Crippen LogP contribution in [0, 0.1) is 11.6 Å². The van der Waals surface area contributed by atoms with Gasteiger partial charge in [0.25, 0.3) is 5.91 Å². The molecule has 0 aliphatic carbocycles. The van der Waals surface area contributed by atoms with Crippen molar-refractivity contribution in [3.05, 3.63) is 65.7 Å². The SMILES string of the molecule is CN1C(=O)NC(=O)C2C1N=C(CN1CCN(c3ccccc3F)CC1)N2Cc1ccc(F)cc1. The van der Waals surface area contributed by atoms with E-state index in [0.717, 1.165) is 5.56 Å². The average Bonchev–Trinajstić information content (AvgIpc) is 3.18. The van der Waals surface area contributed by atoms with Crippen LogP contribution < -0.4 is 10.2 Å². The minimum absolute atomic E-state index is 0.232. The largest absolute Gasteiger partial charge is 0.367 e. The van der Waals surface area contributed by atoms with E-state index in [1.165, 1.54) is 23.1 Å². The van der Waals surface area contributed by atoms with Gasteiger partial charge < -0.3 is 14.7 Å². The number of hydrogen-bond acceptors (Lipinski definition) is 6. The van der Waals surface area contributed by atoms with E-state index in [4.69, 9.17) is 4.99 Å². The Morgan fingerprint density at radius 3 is 2.38 bits per heavy atom. The van der Waals surface area contributed by atoms with Gasteiger partial charge in [0.1, 0.15) is 17.5 Å². The molecule has 2 unspecified atom stereocenters. The lowest BCUT2D eigenvalue weighted by molar-refractivity contribution is -0.127. The first-order chi connectivity index (χ1) is 16.4. The number of rotatable bonds is 5. The number of amidine groups is 1. The Hall–Kier alpha value is -3.53. The molecule has 2 saturated heterocycles. The Kier molecular flexibility index (Phi) is 5.91. The minimum atomic E-state index is -0.651. The molecule has 3 aliphatic heterocycles. The second kappa shape index (κ2) is 9.02. The normalized spacial score (nSPS) is 23.1. The molecule has 2 aromatic rings. The molecule has 5 rings (SSSR count). The van der Waals surface area contributed by atoms with Gasteiger partial charge in [-0.1, -0.05) is 24.3 Å². The number of nitrogens with zero attached hydrogens (tertiary/aromatic N) is 5. The van der Waals surface area contributed by atoms with Crippen molar-refractivity contribution in [2.45, 2.75) is 18.8 Å². The molecule has 0 saturated carbocycles. The summed E-state index contributed by atoms with van der Waals surface area (Å²) in [5.74, 6) is -0.247. The highest BCUT2D eigenvalue weighted by Crippen LogP contribution is 2.27. The van der Waals surface area contributed by atoms with Crippen LogP contribution in [0.5, 0.6) is 0 Å². The van der Waals surface area contributed by atoms with E-state index in [1.54, 1.807) is 31.3 Å². The standard InChI is InChI=1S/C24H26F2N6O2/c1-29-22-21(23(33)28-24(29)34)32(14-16-6-8-17(25)9-7-16)20(27-22)15-30-10-12-31(13-11-30)19-5-3-2-4-18(19)26/h2-9,21-22H,10-15H2,1H3,(H,28,33,34). The molecule has 0 spiro atoms. The number of para-hydroxylation sites is 1. The quantitative estimate of drug-likeness (QED) is 0.726. The molecule has 3 heterocycles. The lowest BCUT2D eigenvalue weighted by Gasteiger charge is -2.38. The molecule has 8 nitrogen and oxygen atoms in total. The lowest BCUT2D eigenvalue weighted by Crippen LogP contribution is -2.63. The first kappa shape index (κ1) is 22.3. The van der Waals surface area contributed by atoms with E-state index < -0.39 is 24.1 Å². The van der Waals surface area contributed by atoms with Crippen molar-refractivity contribution < 1.29 is 18.4 Å². The summed E-state index contributed by atoms with van der Waals surface area (Å²) in [5, 5.41) is 2.40. The van der Waals surface area contributed by atoms with Gasteiger partial charge in [0.2, 0.25) is 0 Å². The van der Waals surface area contributed by atoms with E-state index >= 15 is 0 Å². The van der Waals surface area contributed by atoms with Gasteiger partial charge in [-0.15, -0.1) is 0 Å². The predicted octanol–water partition coefficient (Wildman–Crippen LogP) is 1.88. The van der Waals surface area contributed by atoms with E-state index in [2.05, 4.69) is 10.2 Å². The zero-order valence-corrected chi connectivity index (χ0v) is 18.8.